The summed E-state index contributed by atoms with van der Waals surface area (Å²) < 4.78 is 23.3. The zero-order chi connectivity index (χ0) is 21.5. The highest BCUT2D eigenvalue weighted by Gasteiger charge is 2.14. The average Bonchev–Trinajstić information content (AvgIpc) is 2.76. The number of esters is 1. The van der Waals surface area contributed by atoms with Gasteiger partial charge in [-0.05, 0) is 34.5 Å². The Bertz CT molecular complexity index is 1090. The minimum Gasteiger partial charge on any atom is -0.494 e. The fraction of sp³-hybridized carbons (Fsp3) is 0.174. The Morgan fingerprint density at radius 1 is 1.00 bits per heavy atom. The summed E-state index contributed by atoms with van der Waals surface area (Å²) in [7, 11) is 1.32. The van der Waals surface area contributed by atoms with Crippen molar-refractivity contribution in [3.05, 3.63) is 77.6 Å². The van der Waals surface area contributed by atoms with E-state index in [0.717, 1.165) is 22.4 Å². The predicted octanol–water partition coefficient (Wildman–Crippen LogP) is 3.07. The molecule has 0 atom stereocenters. The Labute approximate surface area is 172 Å². The number of fused-ring (bicyclic) bond motifs is 1. The SMILES string of the molecule is COc1ccc(C(=O)COC(=O)CNC(=O)Cc2cccc3ccccc23)cc1F. The van der Waals surface area contributed by atoms with Crippen LogP contribution in [0.5, 0.6) is 5.75 Å². The fourth-order valence-electron chi connectivity index (χ4n) is 2.97. The zero-order valence-corrected chi connectivity index (χ0v) is 16.3. The van der Waals surface area contributed by atoms with E-state index in [-0.39, 0.29) is 30.2 Å². The van der Waals surface area contributed by atoms with Crippen molar-refractivity contribution >= 4 is 28.4 Å². The van der Waals surface area contributed by atoms with Crippen LogP contribution in [0, 0.1) is 5.82 Å². The Hall–Kier alpha value is -3.74. The molecule has 0 unspecified atom stereocenters. The van der Waals surface area contributed by atoms with Crippen molar-refractivity contribution in [3.63, 3.8) is 0 Å². The second-order valence-corrected chi connectivity index (χ2v) is 6.52. The van der Waals surface area contributed by atoms with Crippen molar-refractivity contribution in [2.75, 3.05) is 20.3 Å². The van der Waals surface area contributed by atoms with Crippen molar-refractivity contribution in [1.29, 1.82) is 0 Å². The second-order valence-electron chi connectivity index (χ2n) is 6.52. The van der Waals surface area contributed by atoms with Gasteiger partial charge in [0.25, 0.3) is 0 Å². The third-order valence-electron chi connectivity index (χ3n) is 4.50. The summed E-state index contributed by atoms with van der Waals surface area (Å²) in [4.78, 5) is 36.0. The first-order valence-corrected chi connectivity index (χ1v) is 9.23. The topological polar surface area (TPSA) is 81.7 Å². The molecule has 0 fully saturated rings. The van der Waals surface area contributed by atoms with E-state index in [9.17, 15) is 18.8 Å². The number of Topliss-reactive ketones (excluding diaryl/α,β-unsaturated/α-hetero) is 1. The van der Waals surface area contributed by atoms with Crippen LogP contribution in [0.2, 0.25) is 0 Å². The lowest BCUT2D eigenvalue weighted by atomic mass is 10.0. The standard InChI is InChI=1S/C23H20FNO5/c1-29-21-10-9-17(11-19(21)24)20(26)14-30-23(28)13-25-22(27)12-16-7-4-6-15-5-2-3-8-18(15)16/h2-11H,12-14H2,1H3,(H,25,27). The summed E-state index contributed by atoms with van der Waals surface area (Å²) in [5, 5.41) is 4.47. The summed E-state index contributed by atoms with van der Waals surface area (Å²) in [5.74, 6) is -2.34. The fourth-order valence-corrected chi connectivity index (χ4v) is 2.97. The molecule has 154 valence electrons. The first-order valence-electron chi connectivity index (χ1n) is 9.23. The molecular weight excluding hydrogens is 389 g/mol. The Morgan fingerprint density at radius 2 is 1.77 bits per heavy atom. The highest BCUT2D eigenvalue weighted by molar-refractivity contribution is 5.98. The van der Waals surface area contributed by atoms with Gasteiger partial charge in [-0.3, -0.25) is 14.4 Å². The molecule has 0 radical (unpaired) electrons. The number of hydrogen-bond donors (Lipinski definition) is 1. The molecule has 3 aromatic rings. The second kappa shape index (κ2) is 9.65. The Morgan fingerprint density at radius 3 is 2.53 bits per heavy atom. The summed E-state index contributed by atoms with van der Waals surface area (Å²) in [6, 6.07) is 17.1. The van der Waals surface area contributed by atoms with Crippen molar-refractivity contribution in [2.45, 2.75) is 6.42 Å². The van der Waals surface area contributed by atoms with Gasteiger partial charge >= 0.3 is 5.97 Å². The average molecular weight is 409 g/mol. The van der Waals surface area contributed by atoms with Crippen LogP contribution in [0.1, 0.15) is 15.9 Å². The molecule has 0 aliphatic rings. The lowest BCUT2D eigenvalue weighted by molar-refractivity contribution is -0.142. The van der Waals surface area contributed by atoms with Gasteiger partial charge in [0.05, 0.1) is 13.5 Å². The molecule has 0 spiro atoms. The minimum atomic E-state index is -0.761. The van der Waals surface area contributed by atoms with Gasteiger partial charge in [-0.1, -0.05) is 42.5 Å². The number of hydrogen-bond acceptors (Lipinski definition) is 5. The van der Waals surface area contributed by atoms with Crippen LogP contribution in [-0.4, -0.2) is 37.9 Å². The van der Waals surface area contributed by atoms with Crippen LogP contribution < -0.4 is 10.1 Å². The van der Waals surface area contributed by atoms with Crippen LogP contribution >= 0.6 is 0 Å². The Balaban J connectivity index is 1.47. The molecule has 3 aromatic carbocycles. The number of rotatable bonds is 8. The van der Waals surface area contributed by atoms with Crippen LogP contribution in [0.25, 0.3) is 10.8 Å². The van der Waals surface area contributed by atoms with E-state index >= 15 is 0 Å². The van der Waals surface area contributed by atoms with Gasteiger partial charge in [-0.2, -0.15) is 0 Å². The monoisotopic (exact) mass is 409 g/mol. The molecule has 1 N–H and O–H groups in total. The van der Waals surface area contributed by atoms with E-state index in [1.807, 2.05) is 42.5 Å². The van der Waals surface area contributed by atoms with Gasteiger partial charge < -0.3 is 14.8 Å². The van der Waals surface area contributed by atoms with Crippen molar-refractivity contribution < 1.29 is 28.2 Å². The van der Waals surface area contributed by atoms with Gasteiger partial charge in [0, 0.05) is 5.56 Å². The molecule has 0 heterocycles. The number of nitrogens with one attached hydrogen (secondary N) is 1. The third-order valence-corrected chi connectivity index (χ3v) is 4.50. The molecule has 0 saturated carbocycles. The quantitative estimate of drug-likeness (QED) is 0.457. The maximum absolute atomic E-state index is 13.7. The third kappa shape index (κ3) is 5.20. The van der Waals surface area contributed by atoms with E-state index < -0.39 is 24.2 Å². The smallest absolute Gasteiger partial charge is 0.325 e. The number of benzene rings is 3. The van der Waals surface area contributed by atoms with E-state index in [1.54, 1.807) is 0 Å². The maximum atomic E-state index is 13.7. The molecule has 3 rings (SSSR count). The molecule has 0 saturated heterocycles. The molecule has 0 bridgehead atoms. The van der Waals surface area contributed by atoms with Crippen LogP contribution in [0.4, 0.5) is 4.39 Å². The molecule has 30 heavy (non-hydrogen) atoms. The number of methoxy groups -OCH3 is 1. The molecule has 0 aromatic heterocycles. The highest BCUT2D eigenvalue weighted by Crippen LogP contribution is 2.19. The number of ether oxygens (including phenoxy) is 2. The van der Waals surface area contributed by atoms with Crippen molar-refractivity contribution in [3.8, 4) is 5.75 Å². The number of amides is 1. The zero-order valence-electron chi connectivity index (χ0n) is 16.3. The number of ketones is 1. The van der Waals surface area contributed by atoms with Crippen molar-refractivity contribution in [2.24, 2.45) is 0 Å². The predicted molar refractivity (Wildman–Crippen MR) is 109 cm³/mol. The van der Waals surface area contributed by atoms with Crippen LogP contribution in [0.3, 0.4) is 0 Å². The summed E-state index contributed by atoms with van der Waals surface area (Å²) in [6.07, 6.45) is 0.110. The normalized spacial score (nSPS) is 10.5. The van der Waals surface area contributed by atoms with Crippen LogP contribution in [-0.2, 0) is 20.7 Å². The van der Waals surface area contributed by atoms with Gasteiger partial charge in [0.1, 0.15) is 6.54 Å². The van der Waals surface area contributed by atoms with Gasteiger partial charge in [-0.25, -0.2) is 4.39 Å². The first kappa shape index (κ1) is 21.0. The van der Waals surface area contributed by atoms with Gasteiger partial charge in [0.2, 0.25) is 5.91 Å². The van der Waals surface area contributed by atoms with E-state index in [4.69, 9.17) is 9.47 Å². The van der Waals surface area contributed by atoms with Crippen LogP contribution in [0.15, 0.2) is 60.7 Å². The highest BCUT2D eigenvalue weighted by atomic mass is 19.1. The molecule has 6 nitrogen and oxygen atoms in total. The molecular formula is C23H20FNO5. The summed E-state index contributed by atoms with van der Waals surface area (Å²) in [5.41, 5.74) is 0.900. The lowest BCUT2D eigenvalue weighted by Crippen LogP contribution is -2.32. The number of halogens is 1. The molecule has 7 heteroatoms. The van der Waals surface area contributed by atoms with E-state index in [2.05, 4.69) is 5.32 Å². The maximum Gasteiger partial charge on any atom is 0.325 e. The van der Waals surface area contributed by atoms with E-state index in [0.29, 0.717) is 0 Å². The first-order chi connectivity index (χ1) is 14.5. The Kier molecular flexibility index (Phi) is 6.75. The minimum absolute atomic E-state index is 0.0115. The molecule has 1 amide bonds. The number of carbonyl (C=O) groups excluding carboxylic acids is 3. The molecule has 0 aliphatic heterocycles. The largest absolute Gasteiger partial charge is 0.494 e. The van der Waals surface area contributed by atoms with Crippen molar-refractivity contribution in [1.82, 2.24) is 5.32 Å². The van der Waals surface area contributed by atoms with Gasteiger partial charge in [-0.15, -0.1) is 0 Å². The van der Waals surface area contributed by atoms with Gasteiger partial charge in [0.15, 0.2) is 24.0 Å². The summed E-state index contributed by atoms with van der Waals surface area (Å²) in [6.45, 7) is -0.919. The molecule has 0 aliphatic carbocycles. The van der Waals surface area contributed by atoms with E-state index in [1.165, 1.54) is 19.2 Å². The lowest BCUT2D eigenvalue weighted by Gasteiger charge is -2.08. The summed E-state index contributed by atoms with van der Waals surface area (Å²) >= 11 is 0. The number of carbonyl (C=O) groups is 3.